The van der Waals surface area contributed by atoms with Crippen LogP contribution in [0.15, 0.2) is 36.4 Å². The molecular weight excluding hydrogens is 384 g/mol. The Morgan fingerprint density at radius 1 is 0.677 bits per heavy atom. The largest absolute Gasteiger partial charge is 0.494 e. The molecule has 0 heterocycles. The smallest absolute Gasteiger partial charge is 0.119 e. The lowest BCUT2D eigenvalue weighted by Gasteiger charge is -2.33. The lowest BCUT2D eigenvalue weighted by Crippen LogP contribution is -2.27. The van der Waals surface area contributed by atoms with E-state index in [0.29, 0.717) is 13.1 Å². The summed E-state index contributed by atoms with van der Waals surface area (Å²) in [5.41, 5.74) is 17.2. The Morgan fingerprint density at radius 3 is 1.52 bits per heavy atom. The molecule has 1 aliphatic rings. The van der Waals surface area contributed by atoms with Crippen molar-refractivity contribution in [2.75, 3.05) is 26.3 Å². The van der Waals surface area contributed by atoms with Crippen LogP contribution in [0.4, 0.5) is 0 Å². The first-order valence-electron chi connectivity index (χ1n) is 12.1. The maximum absolute atomic E-state index is 6.09. The summed E-state index contributed by atoms with van der Waals surface area (Å²) in [6, 6.07) is 13.3. The van der Waals surface area contributed by atoms with Crippen LogP contribution in [0.3, 0.4) is 0 Å². The zero-order valence-electron chi connectivity index (χ0n) is 19.4. The molecule has 0 unspecified atom stereocenters. The molecule has 0 amide bonds. The van der Waals surface area contributed by atoms with Crippen LogP contribution in [0.25, 0.3) is 11.1 Å². The van der Waals surface area contributed by atoms with E-state index in [2.05, 4.69) is 50.2 Å². The quantitative estimate of drug-likeness (QED) is 0.377. The molecule has 0 atom stereocenters. The van der Waals surface area contributed by atoms with Crippen molar-refractivity contribution in [2.24, 2.45) is 11.5 Å². The molecule has 0 aromatic heterocycles. The minimum Gasteiger partial charge on any atom is -0.494 e. The van der Waals surface area contributed by atoms with E-state index in [1.807, 2.05) is 0 Å². The Labute approximate surface area is 188 Å². The lowest BCUT2D eigenvalue weighted by atomic mass is 9.71. The first-order valence-corrected chi connectivity index (χ1v) is 12.1. The van der Waals surface area contributed by atoms with Crippen LogP contribution >= 0.6 is 0 Å². The second kappa shape index (κ2) is 11.5. The summed E-state index contributed by atoms with van der Waals surface area (Å²) in [5, 5.41) is 0. The zero-order chi connectivity index (χ0) is 22.1. The Balaban J connectivity index is 2.04. The number of nitrogens with two attached hydrogens (primary N) is 2. The third kappa shape index (κ3) is 5.24. The lowest BCUT2D eigenvalue weighted by molar-refractivity contribution is 0.307. The van der Waals surface area contributed by atoms with E-state index in [1.165, 1.54) is 22.3 Å². The fraction of sp³-hybridized carbons (Fsp3) is 0.556. The molecule has 3 rings (SSSR count). The molecule has 2 aromatic rings. The molecule has 0 saturated carbocycles. The van der Waals surface area contributed by atoms with Gasteiger partial charge in [-0.2, -0.15) is 0 Å². The Kier molecular flexibility index (Phi) is 8.79. The van der Waals surface area contributed by atoms with Crippen molar-refractivity contribution >= 4 is 0 Å². The molecule has 0 aliphatic heterocycles. The number of unbranched alkanes of at least 4 members (excludes halogenated alkanes) is 2. The number of hydrogen-bond donors (Lipinski definition) is 2. The van der Waals surface area contributed by atoms with Gasteiger partial charge in [-0.15, -0.1) is 0 Å². The van der Waals surface area contributed by atoms with E-state index in [0.717, 1.165) is 76.1 Å². The van der Waals surface area contributed by atoms with Crippen molar-refractivity contribution in [3.05, 3.63) is 47.5 Å². The fourth-order valence-corrected chi connectivity index (χ4v) is 4.77. The Bertz CT molecular complexity index is 764. The van der Waals surface area contributed by atoms with Crippen molar-refractivity contribution < 1.29 is 9.47 Å². The average Bonchev–Trinajstić information content (AvgIpc) is 3.05. The Hall–Kier alpha value is -2.04. The first-order chi connectivity index (χ1) is 15.2. The maximum atomic E-state index is 6.09. The highest BCUT2D eigenvalue weighted by Gasteiger charge is 2.42. The van der Waals surface area contributed by atoms with E-state index in [9.17, 15) is 0 Å². The molecule has 0 bridgehead atoms. The molecule has 4 nitrogen and oxygen atoms in total. The minimum atomic E-state index is -0.0857. The maximum Gasteiger partial charge on any atom is 0.119 e. The van der Waals surface area contributed by atoms with Crippen molar-refractivity contribution in [2.45, 2.75) is 70.6 Å². The molecule has 170 valence electrons. The molecule has 0 fully saturated rings. The van der Waals surface area contributed by atoms with Crippen molar-refractivity contribution in [3.8, 4) is 22.6 Å². The molecule has 4 heteroatoms. The fourth-order valence-electron chi connectivity index (χ4n) is 4.77. The van der Waals surface area contributed by atoms with Gasteiger partial charge in [-0.1, -0.05) is 38.8 Å². The summed E-state index contributed by atoms with van der Waals surface area (Å²) < 4.78 is 12.2. The van der Waals surface area contributed by atoms with E-state index in [-0.39, 0.29) is 5.41 Å². The summed E-state index contributed by atoms with van der Waals surface area (Å²) in [4.78, 5) is 0. The molecule has 4 N–H and O–H groups in total. The van der Waals surface area contributed by atoms with Gasteiger partial charge >= 0.3 is 0 Å². The molecule has 1 aliphatic carbocycles. The molecule has 2 aromatic carbocycles. The number of benzene rings is 2. The monoisotopic (exact) mass is 424 g/mol. The third-order valence-corrected chi connectivity index (χ3v) is 6.45. The van der Waals surface area contributed by atoms with Gasteiger partial charge in [-0.05, 0) is 98.1 Å². The molecular formula is C27H40N2O2. The van der Waals surface area contributed by atoms with Gasteiger partial charge in [0.05, 0.1) is 13.2 Å². The van der Waals surface area contributed by atoms with Gasteiger partial charge in [0.1, 0.15) is 11.5 Å². The summed E-state index contributed by atoms with van der Waals surface area (Å²) in [5.74, 6) is 1.92. The topological polar surface area (TPSA) is 70.5 Å². The van der Waals surface area contributed by atoms with Crippen molar-refractivity contribution in [1.29, 1.82) is 0 Å². The van der Waals surface area contributed by atoms with Gasteiger partial charge in [0.15, 0.2) is 0 Å². The van der Waals surface area contributed by atoms with Gasteiger partial charge in [0.2, 0.25) is 0 Å². The molecule has 31 heavy (non-hydrogen) atoms. The van der Waals surface area contributed by atoms with Crippen LogP contribution in [0.1, 0.15) is 76.3 Å². The van der Waals surface area contributed by atoms with Gasteiger partial charge in [-0.3, -0.25) is 0 Å². The van der Waals surface area contributed by atoms with Crippen molar-refractivity contribution in [3.63, 3.8) is 0 Å². The van der Waals surface area contributed by atoms with Crippen LogP contribution in [0.2, 0.25) is 0 Å². The highest BCUT2D eigenvalue weighted by atomic mass is 16.5. The minimum absolute atomic E-state index is 0.0857. The number of ether oxygens (including phenoxy) is 2. The second-order valence-electron chi connectivity index (χ2n) is 8.69. The van der Waals surface area contributed by atoms with Crippen LogP contribution < -0.4 is 20.9 Å². The highest BCUT2D eigenvalue weighted by Crippen LogP contribution is 2.55. The zero-order valence-corrected chi connectivity index (χ0v) is 19.4. The van der Waals surface area contributed by atoms with Gasteiger partial charge in [0.25, 0.3) is 0 Å². The predicted octanol–water partition coefficient (Wildman–Crippen LogP) is 5.79. The summed E-state index contributed by atoms with van der Waals surface area (Å²) >= 11 is 0. The molecule has 0 spiro atoms. The average molecular weight is 425 g/mol. The standard InChI is InChI=1S/C27H40N2O2/c1-3-5-17-30-21-9-11-23-24-12-10-22(31-18-6-4-2)20-26(24)27(13-7-15-28,14-8-16-29)25(23)19-21/h9-12,19-20H,3-8,13-18,28-29H2,1-2H3. The van der Waals surface area contributed by atoms with Gasteiger partial charge < -0.3 is 20.9 Å². The van der Waals surface area contributed by atoms with Crippen molar-refractivity contribution in [1.82, 2.24) is 0 Å². The van der Waals surface area contributed by atoms with Gasteiger partial charge in [0, 0.05) is 5.41 Å². The third-order valence-electron chi connectivity index (χ3n) is 6.45. The summed E-state index contributed by atoms with van der Waals surface area (Å²) in [6.45, 7) is 7.27. The van der Waals surface area contributed by atoms with Crippen LogP contribution in [0.5, 0.6) is 11.5 Å². The van der Waals surface area contributed by atoms with E-state index < -0.39 is 0 Å². The molecule has 0 radical (unpaired) electrons. The Morgan fingerprint density at radius 2 is 1.13 bits per heavy atom. The van der Waals surface area contributed by atoms with Crippen LogP contribution in [-0.2, 0) is 5.41 Å². The number of rotatable bonds is 14. The van der Waals surface area contributed by atoms with E-state index >= 15 is 0 Å². The summed E-state index contributed by atoms with van der Waals surface area (Å²) in [7, 11) is 0. The summed E-state index contributed by atoms with van der Waals surface area (Å²) in [6.07, 6.45) is 8.39. The number of hydrogen-bond acceptors (Lipinski definition) is 4. The molecule has 0 saturated heterocycles. The normalized spacial score (nSPS) is 13.7. The van der Waals surface area contributed by atoms with E-state index in [4.69, 9.17) is 20.9 Å². The van der Waals surface area contributed by atoms with E-state index in [1.54, 1.807) is 0 Å². The number of fused-ring (bicyclic) bond motifs is 3. The predicted molar refractivity (Wildman–Crippen MR) is 130 cm³/mol. The SMILES string of the molecule is CCCCOc1ccc2c(c1)C(CCCN)(CCCN)c1cc(OCCCC)ccc1-2. The van der Waals surface area contributed by atoms with Crippen LogP contribution in [-0.4, -0.2) is 26.3 Å². The van der Waals surface area contributed by atoms with Gasteiger partial charge in [-0.25, -0.2) is 0 Å². The second-order valence-corrected chi connectivity index (χ2v) is 8.69. The highest BCUT2D eigenvalue weighted by molar-refractivity contribution is 5.82. The first kappa shape index (κ1) is 23.6. The van der Waals surface area contributed by atoms with Crippen LogP contribution in [0, 0.1) is 0 Å².